The van der Waals surface area contributed by atoms with Crippen molar-refractivity contribution in [1.29, 1.82) is 5.26 Å². The average Bonchev–Trinajstić information content (AvgIpc) is 2.73. The monoisotopic (exact) mass is 471 g/mol. The topological polar surface area (TPSA) is 42.2 Å². The summed E-state index contributed by atoms with van der Waals surface area (Å²) >= 11 is 18.7. The van der Waals surface area contributed by atoms with Crippen LogP contribution in [-0.4, -0.2) is 6.61 Å². The molecule has 0 saturated heterocycles. The number of hydrogen-bond donors (Lipinski definition) is 0. The van der Waals surface area contributed by atoms with Crippen LogP contribution >= 0.6 is 34.8 Å². The van der Waals surface area contributed by atoms with E-state index in [9.17, 15) is 5.26 Å². The predicted octanol–water partition coefficient (Wildman–Crippen LogP) is 8.00. The molecular formula is C25H20Cl3NO2. The highest BCUT2D eigenvalue weighted by Crippen LogP contribution is 2.38. The molecule has 0 bridgehead atoms. The van der Waals surface area contributed by atoms with Crippen LogP contribution in [0.1, 0.15) is 29.2 Å². The first-order valence-corrected chi connectivity index (χ1v) is 10.8. The van der Waals surface area contributed by atoms with Crippen LogP contribution in [0.15, 0.2) is 54.6 Å². The molecule has 0 amide bonds. The Labute approximate surface area is 197 Å². The highest BCUT2D eigenvalue weighted by Gasteiger charge is 2.14. The molecule has 0 heterocycles. The van der Waals surface area contributed by atoms with Gasteiger partial charge in [-0.05, 0) is 55.3 Å². The lowest BCUT2D eigenvalue weighted by Gasteiger charge is -2.15. The zero-order valence-corrected chi connectivity index (χ0v) is 19.4. The molecule has 0 atom stereocenters. The highest BCUT2D eigenvalue weighted by molar-refractivity contribution is 6.35. The summed E-state index contributed by atoms with van der Waals surface area (Å²) in [7, 11) is 0. The molecule has 0 aliphatic carbocycles. The fourth-order valence-corrected chi connectivity index (χ4v) is 3.68. The van der Waals surface area contributed by atoms with E-state index >= 15 is 0 Å². The minimum absolute atomic E-state index is 0.206. The maximum atomic E-state index is 9.63. The SMILES string of the molecule is CCOc1cc(/C=C(\C#N)c2ccc(C)cc2)cc(Cl)c1OCc1ccc(Cl)cc1Cl. The fourth-order valence-electron chi connectivity index (χ4n) is 2.94. The Balaban J connectivity index is 1.92. The second kappa shape index (κ2) is 10.6. The molecule has 0 spiro atoms. The van der Waals surface area contributed by atoms with Gasteiger partial charge in [-0.2, -0.15) is 5.26 Å². The Kier molecular flexibility index (Phi) is 7.87. The summed E-state index contributed by atoms with van der Waals surface area (Å²) in [6.07, 6.45) is 1.78. The number of nitrogens with zero attached hydrogens (tertiary/aromatic N) is 1. The van der Waals surface area contributed by atoms with E-state index in [-0.39, 0.29) is 6.61 Å². The van der Waals surface area contributed by atoms with Crippen molar-refractivity contribution in [1.82, 2.24) is 0 Å². The number of nitriles is 1. The van der Waals surface area contributed by atoms with Crippen LogP contribution < -0.4 is 9.47 Å². The van der Waals surface area contributed by atoms with E-state index in [4.69, 9.17) is 44.3 Å². The van der Waals surface area contributed by atoms with Crippen LogP contribution in [0, 0.1) is 18.3 Å². The summed E-state index contributed by atoms with van der Waals surface area (Å²) in [5, 5.41) is 11.1. The molecule has 0 aromatic heterocycles. The van der Waals surface area contributed by atoms with E-state index in [0.717, 1.165) is 22.3 Å². The van der Waals surface area contributed by atoms with E-state index in [0.29, 0.717) is 38.7 Å². The molecule has 0 aliphatic heterocycles. The van der Waals surface area contributed by atoms with Crippen molar-refractivity contribution in [3.8, 4) is 17.6 Å². The number of benzene rings is 3. The van der Waals surface area contributed by atoms with Crippen LogP contribution in [0.2, 0.25) is 15.1 Å². The third-order valence-corrected chi connectivity index (χ3v) is 5.38. The first-order chi connectivity index (χ1) is 14.9. The van der Waals surface area contributed by atoms with Gasteiger partial charge >= 0.3 is 0 Å². The minimum atomic E-state index is 0.206. The smallest absolute Gasteiger partial charge is 0.180 e. The van der Waals surface area contributed by atoms with Crippen LogP contribution in [0.4, 0.5) is 0 Å². The second-order valence-corrected chi connectivity index (χ2v) is 8.07. The number of rotatable bonds is 7. The Morgan fingerprint density at radius 1 is 0.968 bits per heavy atom. The van der Waals surface area contributed by atoms with Gasteiger partial charge in [0.1, 0.15) is 6.61 Å². The van der Waals surface area contributed by atoms with Crippen LogP contribution in [0.5, 0.6) is 11.5 Å². The first kappa shape index (κ1) is 23.0. The third-order valence-electron chi connectivity index (χ3n) is 4.51. The molecule has 0 N–H and O–H groups in total. The number of ether oxygens (including phenoxy) is 2. The zero-order chi connectivity index (χ0) is 22.4. The van der Waals surface area contributed by atoms with Crippen molar-refractivity contribution >= 4 is 46.5 Å². The average molecular weight is 473 g/mol. The Morgan fingerprint density at radius 3 is 2.35 bits per heavy atom. The molecular weight excluding hydrogens is 453 g/mol. The lowest BCUT2D eigenvalue weighted by atomic mass is 10.0. The van der Waals surface area contributed by atoms with Gasteiger partial charge in [0, 0.05) is 15.6 Å². The van der Waals surface area contributed by atoms with Gasteiger partial charge in [0.25, 0.3) is 0 Å². The summed E-state index contributed by atoms with van der Waals surface area (Å²) < 4.78 is 11.7. The highest BCUT2D eigenvalue weighted by atomic mass is 35.5. The quantitative estimate of drug-likeness (QED) is 0.258. The lowest BCUT2D eigenvalue weighted by Crippen LogP contribution is -2.01. The van der Waals surface area contributed by atoms with Crippen molar-refractivity contribution in [3.05, 3.63) is 91.9 Å². The standard InChI is InChI=1S/C25H20Cl3NO2/c1-3-30-24-12-17(10-20(14-29)18-6-4-16(2)5-7-18)11-23(28)25(24)31-15-19-8-9-21(26)13-22(19)27/h4-13H,3,15H2,1-2H3/b20-10+. The van der Waals surface area contributed by atoms with E-state index in [1.165, 1.54) is 0 Å². The number of allylic oxidation sites excluding steroid dienone is 1. The summed E-state index contributed by atoms with van der Waals surface area (Å²) in [4.78, 5) is 0. The molecule has 3 aromatic carbocycles. The molecule has 0 fully saturated rings. The van der Waals surface area contributed by atoms with Crippen molar-refractivity contribution in [2.24, 2.45) is 0 Å². The minimum Gasteiger partial charge on any atom is -0.490 e. The summed E-state index contributed by atoms with van der Waals surface area (Å²) in [6.45, 7) is 4.52. The summed E-state index contributed by atoms with van der Waals surface area (Å²) in [5.74, 6) is 0.910. The van der Waals surface area contributed by atoms with Crippen LogP contribution in [0.25, 0.3) is 11.6 Å². The van der Waals surface area contributed by atoms with Gasteiger partial charge in [0.2, 0.25) is 0 Å². The molecule has 31 heavy (non-hydrogen) atoms. The Bertz CT molecular complexity index is 1150. The molecule has 3 nitrogen and oxygen atoms in total. The second-order valence-electron chi connectivity index (χ2n) is 6.82. The summed E-state index contributed by atoms with van der Waals surface area (Å²) in [5.41, 5.74) is 4.01. The van der Waals surface area contributed by atoms with E-state index in [2.05, 4.69) is 6.07 Å². The first-order valence-electron chi connectivity index (χ1n) is 9.63. The van der Waals surface area contributed by atoms with Gasteiger partial charge in [-0.3, -0.25) is 0 Å². The maximum Gasteiger partial charge on any atom is 0.180 e. The molecule has 0 aliphatic rings. The largest absolute Gasteiger partial charge is 0.490 e. The van der Waals surface area contributed by atoms with Gasteiger partial charge < -0.3 is 9.47 Å². The normalized spacial score (nSPS) is 11.2. The Morgan fingerprint density at radius 2 is 1.71 bits per heavy atom. The molecule has 6 heteroatoms. The molecule has 0 saturated carbocycles. The van der Waals surface area contributed by atoms with Gasteiger partial charge in [-0.15, -0.1) is 0 Å². The van der Waals surface area contributed by atoms with Crippen molar-refractivity contribution in [2.75, 3.05) is 6.61 Å². The van der Waals surface area contributed by atoms with Crippen LogP contribution in [-0.2, 0) is 6.61 Å². The van der Waals surface area contributed by atoms with E-state index < -0.39 is 0 Å². The van der Waals surface area contributed by atoms with Crippen LogP contribution in [0.3, 0.4) is 0 Å². The summed E-state index contributed by atoms with van der Waals surface area (Å²) in [6, 6.07) is 18.8. The van der Waals surface area contributed by atoms with Crippen molar-refractivity contribution in [2.45, 2.75) is 20.5 Å². The van der Waals surface area contributed by atoms with E-state index in [1.54, 1.807) is 36.4 Å². The van der Waals surface area contributed by atoms with E-state index in [1.807, 2.05) is 38.1 Å². The number of aryl methyl sites for hydroxylation is 1. The van der Waals surface area contributed by atoms with Gasteiger partial charge in [0.15, 0.2) is 11.5 Å². The van der Waals surface area contributed by atoms with Crippen molar-refractivity contribution in [3.63, 3.8) is 0 Å². The van der Waals surface area contributed by atoms with Gasteiger partial charge in [0.05, 0.1) is 23.3 Å². The molecule has 3 rings (SSSR count). The third kappa shape index (κ3) is 5.95. The predicted molar refractivity (Wildman–Crippen MR) is 128 cm³/mol. The lowest BCUT2D eigenvalue weighted by molar-refractivity contribution is 0.269. The molecule has 3 aromatic rings. The van der Waals surface area contributed by atoms with Crippen molar-refractivity contribution < 1.29 is 9.47 Å². The zero-order valence-electron chi connectivity index (χ0n) is 17.1. The van der Waals surface area contributed by atoms with Gasteiger partial charge in [-0.1, -0.05) is 70.7 Å². The molecule has 158 valence electrons. The molecule has 0 radical (unpaired) electrons. The number of hydrogen-bond acceptors (Lipinski definition) is 3. The molecule has 0 unspecified atom stereocenters. The number of halogens is 3. The maximum absolute atomic E-state index is 9.63. The Hall–Kier alpha value is -2.64. The fraction of sp³-hybridized carbons (Fsp3) is 0.160. The van der Waals surface area contributed by atoms with Gasteiger partial charge in [-0.25, -0.2) is 0 Å².